The van der Waals surface area contributed by atoms with E-state index in [2.05, 4.69) is 10.0 Å². The maximum absolute atomic E-state index is 12.5. The summed E-state index contributed by atoms with van der Waals surface area (Å²) in [4.78, 5) is 12.6. The first-order valence-electron chi connectivity index (χ1n) is 8.24. The standard InChI is InChI=1S/C20H20N2O3S/c1-14(18-9-5-7-15-6-3-4-8-19(15)18)22-20(23)16-10-12-17(13-11-16)26(24,25)21-2/h3-14,21H,1-2H3,(H,22,23)/t14-/m1/s1. The van der Waals surface area contributed by atoms with Gasteiger partial charge in [-0.2, -0.15) is 0 Å². The number of hydrogen-bond acceptors (Lipinski definition) is 3. The van der Waals surface area contributed by atoms with Crippen LogP contribution < -0.4 is 10.0 Å². The molecule has 26 heavy (non-hydrogen) atoms. The lowest BCUT2D eigenvalue weighted by atomic mass is 9.99. The second-order valence-corrected chi connectivity index (χ2v) is 7.88. The molecule has 0 aliphatic carbocycles. The van der Waals surface area contributed by atoms with E-state index in [4.69, 9.17) is 0 Å². The summed E-state index contributed by atoms with van der Waals surface area (Å²) in [5.41, 5.74) is 1.44. The quantitative estimate of drug-likeness (QED) is 0.726. The Balaban J connectivity index is 1.81. The van der Waals surface area contributed by atoms with Crippen molar-refractivity contribution in [2.75, 3.05) is 7.05 Å². The number of sulfonamides is 1. The van der Waals surface area contributed by atoms with Gasteiger partial charge in [-0.1, -0.05) is 42.5 Å². The Labute approximate surface area is 153 Å². The molecule has 3 aromatic carbocycles. The normalized spacial score (nSPS) is 12.7. The Kier molecular flexibility index (Phi) is 5.06. The van der Waals surface area contributed by atoms with E-state index >= 15 is 0 Å². The summed E-state index contributed by atoms with van der Waals surface area (Å²) in [5, 5.41) is 5.19. The lowest BCUT2D eigenvalue weighted by Crippen LogP contribution is -2.27. The van der Waals surface area contributed by atoms with Gasteiger partial charge in [0.15, 0.2) is 0 Å². The summed E-state index contributed by atoms with van der Waals surface area (Å²) < 4.78 is 25.8. The third-order valence-electron chi connectivity index (χ3n) is 4.33. The Hall–Kier alpha value is -2.70. The molecule has 0 unspecified atom stereocenters. The van der Waals surface area contributed by atoms with Crippen molar-refractivity contribution >= 4 is 26.7 Å². The van der Waals surface area contributed by atoms with Crippen molar-refractivity contribution in [2.45, 2.75) is 17.9 Å². The third kappa shape index (κ3) is 3.61. The van der Waals surface area contributed by atoms with Crippen LogP contribution in [0.5, 0.6) is 0 Å². The van der Waals surface area contributed by atoms with E-state index in [1.165, 1.54) is 31.3 Å². The van der Waals surface area contributed by atoms with Crippen LogP contribution in [0.4, 0.5) is 0 Å². The summed E-state index contributed by atoms with van der Waals surface area (Å²) in [6.45, 7) is 1.93. The van der Waals surface area contributed by atoms with E-state index in [9.17, 15) is 13.2 Å². The average molecular weight is 368 g/mol. The van der Waals surface area contributed by atoms with Crippen molar-refractivity contribution in [1.29, 1.82) is 0 Å². The number of amides is 1. The van der Waals surface area contributed by atoms with Crippen molar-refractivity contribution in [1.82, 2.24) is 10.0 Å². The van der Waals surface area contributed by atoms with Crippen LogP contribution in [0, 0.1) is 0 Å². The topological polar surface area (TPSA) is 75.3 Å². The molecule has 0 saturated heterocycles. The van der Waals surface area contributed by atoms with Crippen LogP contribution in [-0.4, -0.2) is 21.4 Å². The highest BCUT2D eigenvalue weighted by molar-refractivity contribution is 7.89. The third-order valence-corrected chi connectivity index (χ3v) is 5.76. The molecule has 0 spiro atoms. The maximum Gasteiger partial charge on any atom is 0.251 e. The lowest BCUT2D eigenvalue weighted by molar-refractivity contribution is 0.0940. The molecule has 134 valence electrons. The van der Waals surface area contributed by atoms with Crippen LogP contribution in [0.25, 0.3) is 10.8 Å². The average Bonchev–Trinajstić information content (AvgIpc) is 2.67. The minimum atomic E-state index is -3.51. The minimum absolute atomic E-state index is 0.124. The molecular formula is C20H20N2O3S. The molecule has 0 heterocycles. The SMILES string of the molecule is CNS(=O)(=O)c1ccc(C(=O)N[C@H](C)c2cccc3ccccc23)cc1. The lowest BCUT2D eigenvalue weighted by Gasteiger charge is -2.17. The highest BCUT2D eigenvalue weighted by Crippen LogP contribution is 2.24. The highest BCUT2D eigenvalue weighted by atomic mass is 32.2. The molecule has 3 aromatic rings. The van der Waals surface area contributed by atoms with Crippen molar-refractivity contribution in [3.63, 3.8) is 0 Å². The van der Waals surface area contributed by atoms with Crippen LogP contribution in [0.15, 0.2) is 71.6 Å². The molecule has 0 aliphatic rings. The van der Waals surface area contributed by atoms with Crippen LogP contribution >= 0.6 is 0 Å². The summed E-state index contributed by atoms with van der Waals surface area (Å²) in [5.74, 6) is -0.251. The van der Waals surface area contributed by atoms with Crippen molar-refractivity contribution < 1.29 is 13.2 Å². The Morgan fingerprint density at radius 1 is 0.923 bits per heavy atom. The van der Waals surface area contributed by atoms with Crippen LogP contribution in [-0.2, 0) is 10.0 Å². The first-order valence-corrected chi connectivity index (χ1v) is 9.73. The number of nitrogens with one attached hydrogen (secondary N) is 2. The van der Waals surface area contributed by atoms with E-state index in [-0.39, 0.29) is 16.8 Å². The van der Waals surface area contributed by atoms with Gasteiger partial charge in [0, 0.05) is 5.56 Å². The highest BCUT2D eigenvalue weighted by Gasteiger charge is 2.15. The van der Waals surface area contributed by atoms with Gasteiger partial charge in [-0.3, -0.25) is 4.79 Å². The number of benzene rings is 3. The van der Waals surface area contributed by atoms with Gasteiger partial charge in [-0.15, -0.1) is 0 Å². The van der Waals surface area contributed by atoms with Crippen molar-refractivity contribution in [3.8, 4) is 0 Å². The van der Waals surface area contributed by atoms with Gasteiger partial charge < -0.3 is 5.32 Å². The molecule has 3 rings (SSSR count). The molecule has 6 heteroatoms. The van der Waals surface area contributed by atoms with Crippen molar-refractivity contribution in [2.24, 2.45) is 0 Å². The minimum Gasteiger partial charge on any atom is -0.345 e. The van der Waals surface area contributed by atoms with Gasteiger partial charge in [0.05, 0.1) is 10.9 Å². The molecule has 0 aromatic heterocycles. The molecule has 1 atom stereocenters. The van der Waals surface area contributed by atoms with Crippen LogP contribution in [0.3, 0.4) is 0 Å². The molecule has 0 radical (unpaired) electrons. The number of hydrogen-bond donors (Lipinski definition) is 2. The summed E-state index contributed by atoms with van der Waals surface area (Å²) >= 11 is 0. The Morgan fingerprint density at radius 3 is 2.27 bits per heavy atom. The van der Waals surface area contributed by atoms with E-state index in [1.54, 1.807) is 0 Å². The van der Waals surface area contributed by atoms with Crippen LogP contribution in [0.1, 0.15) is 28.9 Å². The second kappa shape index (κ2) is 7.27. The fourth-order valence-corrected chi connectivity index (χ4v) is 3.62. The number of carbonyl (C=O) groups excluding carboxylic acids is 1. The monoisotopic (exact) mass is 368 g/mol. The second-order valence-electron chi connectivity index (χ2n) is 6.00. The molecule has 0 fully saturated rings. The Morgan fingerprint density at radius 2 is 1.58 bits per heavy atom. The summed E-state index contributed by atoms with van der Waals surface area (Å²) in [7, 11) is -2.16. The first-order chi connectivity index (χ1) is 12.4. The van der Waals surface area contributed by atoms with Crippen molar-refractivity contribution in [3.05, 3.63) is 77.9 Å². The molecule has 5 nitrogen and oxygen atoms in total. The molecule has 0 bridgehead atoms. The number of rotatable bonds is 5. The maximum atomic E-state index is 12.5. The zero-order chi connectivity index (χ0) is 18.7. The molecular weight excluding hydrogens is 348 g/mol. The molecule has 2 N–H and O–H groups in total. The molecule has 0 saturated carbocycles. The van der Waals surface area contributed by atoms with Gasteiger partial charge in [0.25, 0.3) is 5.91 Å². The van der Waals surface area contributed by atoms with Gasteiger partial charge in [0.2, 0.25) is 10.0 Å². The van der Waals surface area contributed by atoms with Gasteiger partial charge in [-0.25, -0.2) is 13.1 Å². The predicted molar refractivity (Wildman–Crippen MR) is 103 cm³/mol. The fraction of sp³-hybridized carbons (Fsp3) is 0.150. The zero-order valence-corrected chi connectivity index (χ0v) is 15.4. The summed E-state index contributed by atoms with van der Waals surface area (Å²) in [6, 6.07) is 19.7. The smallest absolute Gasteiger partial charge is 0.251 e. The van der Waals surface area contributed by atoms with E-state index < -0.39 is 10.0 Å². The van der Waals surface area contributed by atoms with Gasteiger partial charge in [0.1, 0.15) is 0 Å². The molecule has 1 amide bonds. The van der Waals surface area contributed by atoms with E-state index in [0.717, 1.165) is 16.3 Å². The number of fused-ring (bicyclic) bond motifs is 1. The fourth-order valence-electron chi connectivity index (χ4n) is 2.89. The zero-order valence-electron chi connectivity index (χ0n) is 14.6. The Bertz CT molecular complexity index is 1040. The predicted octanol–water partition coefficient (Wildman–Crippen LogP) is 3.24. The number of carbonyl (C=O) groups is 1. The first kappa shape index (κ1) is 18.1. The molecule has 0 aliphatic heterocycles. The van der Waals surface area contributed by atoms with Gasteiger partial charge in [-0.05, 0) is 54.6 Å². The van der Waals surface area contributed by atoms with E-state index in [0.29, 0.717) is 5.56 Å². The van der Waals surface area contributed by atoms with E-state index in [1.807, 2.05) is 49.4 Å². The van der Waals surface area contributed by atoms with Gasteiger partial charge >= 0.3 is 0 Å². The summed E-state index contributed by atoms with van der Waals surface area (Å²) in [6.07, 6.45) is 0. The largest absolute Gasteiger partial charge is 0.345 e. The van der Waals surface area contributed by atoms with Crippen LogP contribution in [0.2, 0.25) is 0 Å².